The lowest BCUT2D eigenvalue weighted by molar-refractivity contribution is -0.152. The zero-order valence-corrected chi connectivity index (χ0v) is 18.5. The fourth-order valence-corrected chi connectivity index (χ4v) is 5.01. The summed E-state index contributed by atoms with van der Waals surface area (Å²) in [5, 5.41) is 11.6. The molecular formula is C25H28N2O6. The second kappa shape index (κ2) is 9.62. The molecule has 174 valence electrons. The quantitative estimate of drug-likeness (QED) is 0.553. The number of ether oxygens (including phenoxy) is 1. The van der Waals surface area contributed by atoms with Gasteiger partial charge in [-0.2, -0.15) is 0 Å². The van der Waals surface area contributed by atoms with Crippen LogP contribution in [0.15, 0.2) is 48.5 Å². The van der Waals surface area contributed by atoms with Crippen molar-refractivity contribution < 1.29 is 29.1 Å². The molecule has 0 bridgehead atoms. The molecule has 8 heteroatoms. The highest BCUT2D eigenvalue weighted by atomic mass is 16.7. The van der Waals surface area contributed by atoms with Crippen LogP contribution in [0.3, 0.4) is 0 Å². The van der Waals surface area contributed by atoms with Crippen LogP contribution >= 0.6 is 0 Å². The maximum absolute atomic E-state index is 12.8. The van der Waals surface area contributed by atoms with E-state index < -0.39 is 36.0 Å². The number of hydroxylamine groups is 1. The first-order chi connectivity index (χ1) is 15.9. The number of hydrogen-bond acceptors (Lipinski definition) is 5. The van der Waals surface area contributed by atoms with E-state index in [-0.39, 0.29) is 12.5 Å². The Hall–Kier alpha value is -3.39. The van der Waals surface area contributed by atoms with Crippen LogP contribution in [-0.4, -0.2) is 41.8 Å². The van der Waals surface area contributed by atoms with Crippen molar-refractivity contribution in [2.75, 3.05) is 13.2 Å². The molecule has 2 aliphatic rings. The molecule has 1 saturated carbocycles. The minimum absolute atomic E-state index is 0.0502. The number of fused-ring (bicyclic) bond motifs is 3. The molecule has 0 aromatic heterocycles. The normalized spacial score (nSPS) is 21.5. The third-order valence-corrected chi connectivity index (χ3v) is 6.62. The van der Waals surface area contributed by atoms with Gasteiger partial charge in [-0.3, -0.25) is 9.63 Å². The van der Waals surface area contributed by atoms with Crippen molar-refractivity contribution in [3.05, 3.63) is 59.7 Å². The number of nitrogens with one attached hydrogen (secondary N) is 2. The molecule has 2 atom stereocenters. The van der Waals surface area contributed by atoms with Gasteiger partial charge in [-0.1, -0.05) is 61.4 Å². The van der Waals surface area contributed by atoms with Crippen LogP contribution in [0.1, 0.15) is 49.7 Å². The molecule has 0 heterocycles. The Balaban J connectivity index is 1.40. The van der Waals surface area contributed by atoms with E-state index >= 15 is 0 Å². The number of carbonyl (C=O) groups is 3. The topological polar surface area (TPSA) is 114 Å². The summed E-state index contributed by atoms with van der Waals surface area (Å²) in [5.41, 5.74) is 5.94. The molecule has 0 radical (unpaired) electrons. The van der Waals surface area contributed by atoms with Crippen LogP contribution in [0.4, 0.5) is 4.79 Å². The molecule has 0 aliphatic heterocycles. The maximum Gasteiger partial charge on any atom is 0.407 e. The van der Waals surface area contributed by atoms with Gasteiger partial charge in [-0.15, -0.1) is 0 Å². The highest BCUT2D eigenvalue weighted by molar-refractivity contribution is 5.81. The third-order valence-electron chi connectivity index (χ3n) is 6.62. The Morgan fingerprint density at radius 3 is 2.30 bits per heavy atom. The van der Waals surface area contributed by atoms with E-state index in [0.717, 1.165) is 35.1 Å². The summed E-state index contributed by atoms with van der Waals surface area (Å²) in [5.74, 6) is -2.23. The van der Waals surface area contributed by atoms with E-state index in [2.05, 4.69) is 35.1 Å². The number of benzene rings is 2. The highest BCUT2D eigenvalue weighted by Crippen LogP contribution is 2.44. The van der Waals surface area contributed by atoms with Crippen molar-refractivity contribution in [2.24, 2.45) is 5.92 Å². The molecule has 33 heavy (non-hydrogen) atoms. The Labute approximate surface area is 192 Å². The van der Waals surface area contributed by atoms with E-state index in [1.54, 1.807) is 0 Å². The molecular weight excluding hydrogens is 424 g/mol. The molecule has 1 fully saturated rings. The Morgan fingerprint density at radius 2 is 1.67 bits per heavy atom. The average molecular weight is 453 g/mol. The van der Waals surface area contributed by atoms with Gasteiger partial charge in [0.15, 0.2) is 6.61 Å². The van der Waals surface area contributed by atoms with E-state index in [9.17, 15) is 14.4 Å². The van der Waals surface area contributed by atoms with Crippen LogP contribution in [0, 0.1) is 5.92 Å². The molecule has 0 spiro atoms. The lowest BCUT2D eigenvalue weighted by Gasteiger charge is -2.40. The first-order valence-electron chi connectivity index (χ1n) is 11.2. The molecule has 8 nitrogen and oxygen atoms in total. The van der Waals surface area contributed by atoms with Crippen molar-refractivity contribution in [3.63, 3.8) is 0 Å². The minimum Gasteiger partial charge on any atom is -0.479 e. The number of alkyl carbamates (subject to hydrolysis) is 1. The van der Waals surface area contributed by atoms with E-state index in [0.29, 0.717) is 12.8 Å². The van der Waals surface area contributed by atoms with Gasteiger partial charge < -0.3 is 15.2 Å². The zero-order valence-electron chi connectivity index (χ0n) is 18.5. The number of rotatable bonds is 7. The van der Waals surface area contributed by atoms with Crippen molar-refractivity contribution >= 4 is 18.0 Å². The Kier molecular flexibility index (Phi) is 6.65. The standard InChI is InChI=1S/C25H28N2O6/c1-25(13-7-6-12-21(25)23(30)27-33-15-22(28)29)26-24(31)32-14-20-18-10-4-2-8-16(18)17-9-3-5-11-19(17)20/h2-5,8-11,20-21H,6-7,12-15H2,1H3,(H,26,31)(H,27,30)(H,28,29). The van der Waals surface area contributed by atoms with Gasteiger partial charge in [0.1, 0.15) is 6.61 Å². The largest absolute Gasteiger partial charge is 0.479 e. The molecule has 3 N–H and O–H groups in total. The highest BCUT2D eigenvalue weighted by Gasteiger charge is 2.43. The van der Waals surface area contributed by atoms with Crippen molar-refractivity contribution in [1.82, 2.24) is 10.8 Å². The van der Waals surface area contributed by atoms with Crippen LogP contribution < -0.4 is 10.8 Å². The van der Waals surface area contributed by atoms with Gasteiger partial charge in [0, 0.05) is 5.92 Å². The average Bonchev–Trinajstić information content (AvgIpc) is 3.11. The number of carboxylic acids is 1. The van der Waals surface area contributed by atoms with Gasteiger partial charge in [0.25, 0.3) is 0 Å². The lowest BCUT2D eigenvalue weighted by Crippen LogP contribution is -2.57. The fourth-order valence-electron chi connectivity index (χ4n) is 5.01. The second-order valence-corrected chi connectivity index (χ2v) is 8.82. The van der Waals surface area contributed by atoms with Crippen LogP contribution in [0.2, 0.25) is 0 Å². The molecule has 4 rings (SSSR count). The summed E-state index contributed by atoms with van der Waals surface area (Å²) < 4.78 is 5.66. The number of amides is 2. The summed E-state index contributed by atoms with van der Waals surface area (Å²) in [6.07, 6.45) is 2.28. The number of hydrogen-bond donors (Lipinski definition) is 3. The molecule has 2 aromatic rings. The maximum atomic E-state index is 12.8. The van der Waals surface area contributed by atoms with Gasteiger partial charge >= 0.3 is 12.1 Å². The van der Waals surface area contributed by atoms with E-state index in [1.165, 1.54) is 0 Å². The van der Waals surface area contributed by atoms with Gasteiger partial charge in [0.2, 0.25) is 5.91 Å². The smallest absolute Gasteiger partial charge is 0.407 e. The first-order valence-corrected chi connectivity index (χ1v) is 11.2. The molecule has 2 aromatic carbocycles. The summed E-state index contributed by atoms with van der Waals surface area (Å²) in [7, 11) is 0. The number of carboxylic acid groups (broad SMARTS) is 1. The Bertz CT molecular complexity index is 1010. The fraction of sp³-hybridized carbons (Fsp3) is 0.400. The zero-order chi connectivity index (χ0) is 23.4. The predicted octanol–water partition coefficient (Wildman–Crippen LogP) is 3.61. The molecule has 0 saturated heterocycles. The van der Waals surface area contributed by atoms with Gasteiger partial charge in [0.05, 0.1) is 11.5 Å². The summed E-state index contributed by atoms with van der Waals surface area (Å²) in [6, 6.07) is 16.2. The van der Waals surface area contributed by atoms with E-state index in [1.807, 2.05) is 31.2 Å². The third kappa shape index (κ3) is 4.85. The monoisotopic (exact) mass is 452 g/mol. The van der Waals surface area contributed by atoms with Gasteiger partial charge in [-0.05, 0) is 42.0 Å². The van der Waals surface area contributed by atoms with Crippen LogP contribution in [0.25, 0.3) is 11.1 Å². The predicted molar refractivity (Wildman–Crippen MR) is 120 cm³/mol. The summed E-state index contributed by atoms with van der Waals surface area (Å²) in [4.78, 5) is 40.8. The molecule has 2 amide bonds. The summed E-state index contributed by atoms with van der Waals surface area (Å²) >= 11 is 0. The van der Waals surface area contributed by atoms with Crippen molar-refractivity contribution in [2.45, 2.75) is 44.1 Å². The van der Waals surface area contributed by atoms with Crippen LogP contribution in [-0.2, 0) is 19.2 Å². The Morgan fingerprint density at radius 1 is 1.03 bits per heavy atom. The molecule has 2 unspecified atom stereocenters. The van der Waals surface area contributed by atoms with Crippen molar-refractivity contribution in [1.29, 1.82) is 0 Å². The van der Waals surface area contributed by atoms with E-state index in [4.69, 9.17) is 14.7 Å². The first kappa shape index (κ1) is 22.8. The SMILES string of the molecule is CC1(NC(=O)OCC2c3ccccc3-c3ccccc32)CCCCC1C(=O)NOCC(=O)O. The molecule has 2 aliphatic carbocycles. The van der Waals surface area contributed by atoms with Gasteiger partial charge in [-0.25, -0.2) is 15.1 Å². The number of carbonyl (C=O) groups excluding carboxylic acids is 2. The van der Waals surface area contributed by atoms with Crippen LogP contribution in [0.5, 0.6) is 0 Å². The number of aliphatic carboxylic acids is 1. The minimum atomic E-state index is -1.18. The lowest BCUT2D eigenvalue weighted by atomic mass is 9.73. The summed E-state index contributed by atoms with van der Waals surface area (Å²) in [6.45, 7) is 1.37. The second-order valence-electron chi connectivity index (χ2n) is 8.82. The van der Waals surface area contributed by atoms with Crippen molar-refractivity contribution in [3.8, 4) is 11.1 Å².